The number of pyridine rings is 1. The van der Waals surface area contributed by atoms with E-state index in [1.54, 1.807) is 6.07 Å². The predicted molar refractivity (Wildman–Crippen MR) is 86.2 cm³/mol. The van der Waals surface area contributed by atoms with Gasteiger partial charge in [-0.05, 0) is 25.0 Å². The second-order valence-corrected chi connectivity index (χ2v) is 7.84. The number of piperidine rings is 1. The third-order valence-corrected chi connectivity index (χ3v) is 6.25. The van der Waals surface area contributed by atoms with Crippen LogP contribution < -0.4 is 10.5 Å². The maximum atomic E-state index is 14.7. The fraction of sp³-hybridized carbons (Fsp3) is 0.400. The van der Waals surface area contributed by atoms with E-state index < -0.39 is 31.5 Å². The Morgan fingerprint density at radius 1 is 1.16 bits per heavy atom. The van der Waals surface area contributed by atoms with Crippen LogP contribution in [0.25, 0.3) is 0 Å². The Balaban J connectivity index is 1.77. The topological polar surface area (TPSA) is 96.0 Å². The molecule has 2 aromatic rings. The lowest BCUT2D eigenvalue weighted by Crippen LogP contribution is -2.44. The van der Waals surface area contributed by atoms with Crippen LogP contribution in [0.3, 0.4) is 0 Å². The molecule has 0 aromatic carbocycles. The molecule has 1 aliphatic heterocycles. The van der Waals surface area contributed by atoms with Crippen LogP contribution in [-0.2, 0) is 9.84 Å². The first-order chi connectivity index (χ1) is 11.8. The van der Waals surface area contributed by atoms with E-state index in [0.29, 0.717) is 13.1 Å². The fourth-order valence-electron chi connectivity index (χ4n) is 2.88. The fourth-order valence-corrected chi connectivity index (χ4v) is 4.33. The molecular formula is C15H16F2N4O3S. The average molecular weight is 370 g/mol. The Morgan fingerprint density at radius 2 is 1.88 bits per heavy atom. The van der Waals surface area contributed by atoms with Crippen LogP contribution in [-0.4, -0.2) is 41.9 Å². The molecule has 1 N–H and O–H groups in total. The van der Waals surface area contributed by atoms with Gasteiger partial charge in [-0.25, -0.2) is 8.42 Å². The molecule has 134 valence electrons. The molecular weight excluding hydrogens is 354 g/mol. The van der Waals surface area contributed by atoms with Crippen molar-refractivity contribution >= 4 is 15.5 Å². The molecule has 1 aliphatic rings. The van der Waals surface area contributed by atoms with Crippen molar-refractivity contribution in [3.63, 3.8) is 0 Å². The summed E-state index contributed by atoms with van der Waals surface area (Å²) in [6.07, 6.45) is 3.91. The number of nitrogens with zero attached hydrogens (tertiary/aromatic N) is 3. The zero-order valence-electron chi connectivity index (χ0n) is 13.1. The van der Waals surface area contributed by atoms with Crippen LogP contribution in [0.15, 0.2) is 46.5 Å². The second kappa shape index (κ2) is 6.51. The van der Waals surface area contributed by atoms with Gasteiger partial charge in [0.1, 0.15) is 0 Å². The SMILES string of the molecule is O=c1ccc(S(=O)(=O)C(F)(F)C2CCN(c3ccnnc3)CC2)c[nH]1. The lowest BCUT2D eigenvalue weighted by atomic mass is 9.97. The minimum absolute atomic E-state index is 0.0257. The van der Waals surface area contributed by atoms with Crippen molar-refractivity contribution in [2.45, 2.75) is 23.0 Å². The van der Waals surface area contributed by atoms with Crippen LogP contribution in [0.5, 0.6) is 0 Å². The van der Waals surface area contributed by atoms with E-state index in [1.165, 1.54) is 12.4 Å². The van der Waals surface area contributed by atoms with Crippen LogP contribution in [0, 0.1) is 5.92 Å². The maximum Gasteiger partial charge on any atom is 0.352 e. The summed E-state index contributed by atoms with van der Waals surface area (Å²) in [4.78, 5) is 14.4. The molecule has 0 atom stereocenters. The van der Waals surface area contributed by atoms with Crippen LogP contribution in [0.1, 0.15) is 12.8 Å². The smallest absolute Gasteiger partial charge is 0.352 e. The van der Waals surface area contributed by atoms with Crippen LogP contribution >= 0.6 is 0 Å². The number of H-pyrrole nitrogens is 1. The lowest BCUT2D eigenvalue weighted by Gasteiger charge is -2.36. The summed E-state index contributed by atoms with van der Waals surface area (Å²) in [6, 6.07) is 3.55. The number of hydrogen-bond acceptors (Lipinski definition) is 6. The normalized spacial score (nSPS) is 16.8. The maximum absolute atomic E-state index is 14.7. The van der Waals surface area contributed by atoms with E-state index in [2.05, 4.69) is 15.2 Å². The monoisotopic (exact) mass is 370 g/mol. The van der Waals surface area contributed by atoms with E-state index in [4.69, 9.17) is 0 Å². The quantitative estimate of drug-likeness (QED) is 0.875. The molecule has 0 bridgehead atoms. The summed E-state index contributed by atoms with van der Waals surface area (Å²) in [5, 5.41) is 3.51. The Morgan fingerprint density at radius 3 is 2.44 bits per heavy atom. The lowest BCUT2D eigenvalue weighted by molar-refractivity contribution is 0.0149. The van der Waals surface area contributed by atoms with Gasteiger partial charge in [0, 0.05) is 31.3 Å². The van der Waals surface area contributed by atoms with E-state index in [-0.39, 0.29) is 12.8 Å². The summed E-state index contributed by atoms with van der Waals surface area (Å²) in [5.74, 6) is -1.30. The highest BCUT2D eigenvalue weighted by Gasteiger charge is 2.53. The van der Waals surface area contributed by atoms with Gasteiger partial charge in [0.25, 0.3) is 0 Å². The molecule has 1 fully saturated rings. The van der Waals surface area contributed by atoms with Crippen molar-refractivity contribution in [3.8, 4) is 0 Å². The van der Waals surface area contributed by atoms with E-state index >= 15 is 0 Å². The van der Waals surface area contributed by atoms with Gasteiger partial charge in [-0.1, -0.05) is 0 Å². The molecule has 25 heavy (non-hydrogen) atoms. The highest BCUT2D eigenvalue weighted by molar-refractivity contribution is 7.92. The van der Waals surface area contributed by atoms with E-state index in [1.807, 2.05) is 4.90 Å². The number of alkyl halides is 2. The zero-order chi connectivity index (χ0) is 18.1. The summed E-state index contributed by atoms with van der Waals surface area (Å²) in [7, 11) is -4.88. The molecule has 2 aromatic heterocycles. The third-order valence-electron chi connectivity index (χ3n) is 4.33. The van der Waals surface area contributed by atoms with Crippen LogP contribution in [0.2, 0.25) is 0 Å². The molecule has 0 unspecified atom stereocenters. The summed E-state index contributed by atoms with van der Waals surface area (Å²) >= 11 is 0. The highest BCUT2D eigenvalue weighted by atomic mass is 32.2. The predicted octanol–water partition coefficient (Wildman–Crippen LogP) is 1.45. The first kappa shape index (κ1) is 17.5. The number of aromatic nitrogens is 3. The standard InChI is InChI=1S/C15H16F2N4O3S/c16-15(17,25(23,24)13-1-2-14(22)18-10-13)11-4-7-21(8-5-11)12-3-6-19-20-9-12/h1-3,6,9-11H,4-5,7-8H2,(H,18,22). The number of hydrogen-bond donors (Lipinski definition) is 1. The molecule has 7 nitrogen and oxygen atoms in total. The average Bonchev–Trinajstić information content (AvgIpc) is 2.63. The number of anilines is 1. The molecule has 0 radical (unpaired) electrons. The van der Waals surface area contributed by atoms with Gasteiger partial charge in [-0.2, -0.15) is 19.0 Å². The molecule has 0 aliphatic carbocycles. The zero-order valence-corrected chi connectivity index (χ0v) is 13.9. The van der Waals surface area contributed by atoms with Gasteiger partial charge in [0.2, 0.25) is 15.4 Å². The molecule has 10 heteroatoms. The Labute approximate surface area is 142 Å². The Kier molecular flexibility index (Phi) is 4.55. The largest absolute Gasteiger partial charge is 0.370 e. The molecule has 0 amide bonds. The van der Waals surface area contributed by atoms with E-state index in [0.717, 1.165) is 24.0 Å². The molecule has 3 heterocycles. The van der Waals surface area contributed by atoms with Gasteiger partial charge in [-0.15, -0.1) is 0 Å². The van der Waals surface area contributed by atoms with Crippen molar-refractivity contribution in [3.05, 3.63) is 47.1 Å². The Bertz CT molecular complexity index is 874. The van der Waals surface area contributed by atoms with Crippen molar-refractivity contribution in [1.29, 1.82) is 0 Å². The van der Waals surface area contributed by atoms with Gasteiger partial charge < -0.3 is 9.88 Å². The number of rotatable bonds is 4. The van der Waals surface area contributed by atoms with Crippen molar-refractivity contribution in [2.24, 2.45) is 5.92 Å². The number of nitrogens with one attached hydrogen (secondary N) is 1. The summed E-state index contributed by atoms with van der Waals surface area (Å²) < 4.78 is 54.0. The van der Waals surface area contributed by atoms with Gasteiger partial charge >= 0.3 is 5.25 Å². The summed E-state index contributed by atoms with van der Waals surface area (Å²) in [6.45, 7) is 0.597. The molecule has 1 saturated heterocycles. The third kappa shape index (κ3) is 3.26. The van der Waals surface area contributed by atoms with Crippen molar-refractivity contribution in [1.82, 2.24) is 15.2 Å². The van der Waals surface area contributed by atoms with Gasteiger partial charge in [0.15, 0.2) is 0 Å². The van der Waals surface area contributed by atoms with Crippen molar-refractivity contribution < 1.29 is 17.2 Å². The second-order valence-electron chi connectivity index (χ2n) is 5.82. The minimum Gasteiger partial charge on any atom is -0.370 e. The highest BCUT2D eigenvalue weighted by Crippen LogP contribution is 2.41. The molecule has 0 saturated carbocycles. The number of sulfone groups is 1. The number of halogens is 2. The molecule has 3 rings (SSSR count). The molecule has 0 spiro atoms. The first-order valence-corrected chi connectivity index (χ1v) is 9.13. The Hall–Kier alpha value is -2.36. The minimum atomic E-state index is -4.88. The first-order valence-electron chi connectivity index (χ1n) is 7.65. The summed E-state index contributed by atoms with van der Waals surface area (Å²) in [5.41, 5.74) is 0.210. The van der Waals surface area contributed by atoms with Crippen LogP contribution in [0.4, 0.5) is 14.5 Å². The van der Waals surface area contributed by atoms with Crippen molar-refractivity contribution in [2.75, 3.05) is 18.0 Å². The van der Waals surface area contributed by atoms with Gasteiger partial charge in [-0.3, -0.25) is 4.79 Å². The van der Waals surface area contributed by atoms with E-state index in [9.17, 15) is 22.0 Å². The van der Waals surface area contributed by atoms with Gasteiger partial charge in [0.05, 0.1) is 23.0 Å². The number of aromatic amines is 1.